The zero-order chi connectivity index (χ0) is 20.1. The summed E-state index contributed by atoms with van der Waals surface area (Å²) in [5.41, 5.74) is 1.13. The van der Waals surface area contributed by atoms with Gasteiger partial charge in [-0.1, -0.05) is 45.7 Å². The van der Waals surface area contributed by atoms with Gasteiger partial charge in [-0.15, -0.1) is 0 Å². The van der Waals surface area contributed by atoms with Gasteiger partial charge < -0.3 is 4.18 Å². The van der Waals surface area contributed by atoms with Crippen LogP contribution in [-0.4, -0.2) is 14.2 Å². The molecule has 28 heavy (non-hydrogen) atoms. The van der Waals surface area contributed by atoms with Crippen LogP contribution in [0.4, 0.5) is 0 Å². The summed E-state index contributed by atoms with van der Waals surface area (Å²) in [5, 5.41) is 0.549. The second kappa shape index (κ2) is 8.73. The molecular weight excluding hydrogens is 464 g/mol. The minimum absolute atomic E-state index is 0.0403. The van der Waals surface area contributed by atoms with Crippen LogP contribution in [0.2, 0.25) is 5.02 Å². The van der Waals surface area contributed by atoms with E-state index >= 15 is 0 Å². The summed E-state index contributed by atoms with van der Waals surface area (Å²) in [5.74, 6) is -0.114. The minimum Gasteiger partial charge on any atom is -0.379 e. The molecule has 0 radical (unpaired) electrons. The van der Waals surface area contributed by atoms with Gasteiger partial charge in [0.15, 0.2) is 5.78 Å². The van der Waals surface area contributed by atoms with Gasteiger partial charge in [-0.3, -0.25) is 4.79 Å². The number of halogens is 2. The van der Waals surface area contributed by atoms with E-state index in [1.54, 1.807) is 30.3 Å². The smallest absolute Gasteiger partial charge is 0.339 e. The average Bonchev–Trinajstić information content (AvgIpc) is 2.68. The number of carbonyl (C=O) groups excluding carboxylic acids is 1. The van der Waals surface area contributed by atoms with E-state index in [0.717, 1.165) is 10.0 Å². The Labute approximate surface area is 176 Å². The molecule has 0 saturated heterocycles. The van der Waals surface area contributed by atoms with Crippen LogP contribution in [0.25, 0.3) is 6.08 Å². The Kier molecular flexibility index (Phi) is 6.34. The van der Waals surface area contributed by atoms with Crippen LogP contribution < -0.4 is 4.18 Å². The molecule has 0 aliphatic rings. The van der Waals surface area contributed by atoms with Gasteiger partial charge in [-0.2, -0.15) is 8.42 Å². The highest BCUT2D eigenvalue weighted by molar-refractivity contribution is 9.10. The van der Waals surface area contributed by atoms with Crippen molar-refractivity contribution in [3.8, 4) is 5.75 Å². The molecule has 0 heterocycles. The number of hydrogen-bond donors (Lipinski definition) is 0. The number of hydrogen-bond acceptors (Lipinski definition) is 4. The zero-order valence-electron chi connectivity index (χ0n) is 14.4. The van der Waals surface area contributed by atoms with Crippen LogP contribution in [0.5, 0.6) is 5.75 Å². The highest BCUT2D eigenvalue weighted by atomic mass is 79.9. The molecule has 0 aliphatic carbocycles. The van der Waals surface area contributed by atoms with Gasteiger partial charge in [0.1, 0.15) is 10.6 Å². The van der Waals surface area contributed by atoms with E-state index in [9.17, 15) is 13.2 Å². The molecule has 4 nitrogen and oxygen atoms in total. The SMILES string of the molecule is O=C(C=Cc1ccccc1Cl)c1ccc(OS(=O)(=O)c2ccc(Br)cc2)cc1. The third kappa shape index (κ3) is 5.10. The van der Waals surface area contributed by atoms with Crippen molar-refractivity contribution in [1.82, 2.24) is 0 Å². The second-order valence-corrected chi connectivity index (χ2v) is 8.60. The minimum atomic E-state index is -3.95. The predicted octanol–water partition coefficient (Wildman–Crippen LogP) is 5.77. The van der Waals surface area contributed by atoms with Gasteiger partial charge in [0, 0.05) is 15.1 Å². The zero-order valence-corrected chi connectivity index (χ0v) is 17.5. The lowest BCUT2D eigenvalue weighted by molar-refractivity contribution is 0.104. The van der Waals surface area contributed by atoms with Gasteiger partial charge in [0.05, 0.1) is 0 Å². The first kappa shape index (κ1) is 20.3. The van der Waals surface area contributed by atoms with E-state index in [4.69, 9.17) is 15.8 Å². The molecular formula is C21H14BrClO4S. The van der Waals surface area contributed by atoms with Crippen LogP contribution in [0.3, 0.4) is 0 Å². The Morgan fingerprint density at radius 1 is 0.929 bits per heavy atom. The summed E-state index contributed by atoms with van der Waals surface area (Å²) in [7, 11) is -3.95. The van der Waals surface area contributed by atoms with E-state index in [-0.39, 0.29) is 16.4 Å². The van der Waals surface area contributed by atoms with Crippen LogP contribution in [0.15, 0.2) is 88.2 Å². The van der Waals surface area contributed by atoms with E-state index < -0.39 is 10.1 Å². The molecule has 0 spiro atoms. The lowest BCUT2D eigenvalue weighted by Gasteiger charge is -2.07. The topological polar surface area (TPSA) is 60.4 Å². The highest BCUT2D eigenvalue weighted by Crippen LogP contribution is 2.22. The fourth-order valence-electron chi connectivity index (χ4n) is 2.32. The van der Waals surface area contributed by atoms with Crippen LogP contribution in [-0.2, 0) is 10.1 Å². The first-order chi connectivity index (χ1) is 13.3. The van der Waals surface area contributed by atoms with Gasteiger partial charge in [0.2, 0.25) is 0 Å². The van der Waals surface area contributed by atoms with Crippen molar-refractivity contribution in [2.75, 3.05) is 0 Å². The fraction of sp³-hybridized carbons (Fsp3) is 0. The quantitative estimate of drug-likeness (QED) is 0.257. The molecule has 3 aromatic carbocycles. The van der Waals surface area contributed by atoms with E-state index in [1.807, 2.05) is 12.1 Å². The number of allylic oxidation sites excluding steroid dienone is 1. The number of rotatable bonds is 6. The molecule has 0 amide bonds. The van der Waals surface area contributed by atoms with Crippen LogP contribution in [0, 0.1) is 0 Å². The van der Waals surface area contributed by atoms with Gasteiger partial charge >= 0.3 is 10.1 Å². The molecule has 0 N–H and O–H groups in total. The number of carbonyl (C=O) groups is 1. The fourth-order valence-corrected chi connectivity index (χ4v) is 3.72. The van der Waals surface area contributed by atoms with Gasteiger partial charge in [-0.05, 0) is 72.3 Å². The molecule has 0 fully saturated rings. The molecule has 0 aliphatic heterocycles. The maximum atomic E-state index is 12.3. The third-order valence-electron chi connectivity index (χ3n) is 3.77. The van der Waals surface area contributed by atoms with Crippen molar-refractivity contribution in [3.63, 3.8) is 0 Å². The summed E-state index contributed by atoms with van der Waals surface area (Å²) >= 11 is 9.31. The highest BCUT2D eigenvalue weighted by Gasteiger charge is 2.16. The van der Waals surface area contributed by atoms with E-state index in [2.05, 4.69) is 15.9 Å². The van der Waals surface area contributed by atoms with Crippen molar-refractivity contribution >= 4 is 49.5 Å². The van der Waals surface area contributed by atoms with E-state index in [0.29, 0.717) is 10.6 Å². The lowest BCUT2D eigenvalue weighted by atomic mass is 10.1. The maximum absolute atomic E-state index is 12.3. The van der Waals surface area contributed by atoms with Crippen LogP contribution in [0.1, 0.15) is 15.9 Å². The molecule has 3 aromatic rings. The standard InChI is InChI=1S/C21H14BrClO4S/c22-17-8-12-19(13-9-17)28(25,26)27-18-10-5-16(6-11-18)21(24)14-7-15-3-1-2-4-20(15)23/h1-14H. The predicted molar refractivity (Wildman–Crippen MR) is 113 cm³/mol. The van der Waals surface area contributed by atoms with Gasteiger partial charge in [0.25, 0.3) is 0 Å². The van der Waals surface area contributed by atoms with Crippen molar-refractivity contribution < 1.29 is 17.4 Å². The number of benzene rings is 3. The first-order valence-corrected chi connectivity index (χ1v) is 10.7. The normalized spacial score (nSPS) is 11.5. The number of ketones is 1. The first-order valence-electron chi connectivity index (χ1n) is 8.12. The van der Waals surface area contributed by atoms with Crippen LogP contribution >= 0.6 is 27.5 Å². The molecule has 3 rings (SSSR count). The van der Waals surface area contributed by atoms with Gasteiger partial charge in [-0.25, -0.2) is 0 Å². The lowest BCUT2D eigenvalue weighted by Crippen LogP contribution is -2.09. The summed E-state index contributed by atoms with van der Waals surface area (Å²) in [6.45, 7) is 0. The van der Waals surface area contributed by atoms with Crippen molar-refractivity contribution in [2.24, 2.45) is 0 Å². The Bertz CT molecular complexity index is 1120. The Morgan fingerprint density at radius 2 is 1.57 bits per heavy atom. The van der Waals surface area contributed by atoms with E-state index in [1.165, 1.54) is 42.5 Å². The molecule has 0 atom stereocenters. The molecule has 0 saturated carbocycles. The summed E-state index contributed by atoms with van der Waals surface area (Å²) in [6.07, 6.45) is 3.04. The largest absolute Gasteiger partial charge is 0.379 e. The average molecular weight is 478 g/mol. The van der Waals surface area contributed by atoms with Crippen molar-refractivity contribution in [2.45, 2.75) is 4.90 Å². The maximum Gasteiger partial charge on any atom is 0.339 e. The summed E-state index contributed by atoms with van der Waals surface area (Å²) in [6, 6.07) is 19.2. The Balaban J connectivity index is 1.72. The summed E-state index contributed by atoms with van der Waals surface area (Å²) in [4.78, 5) is 12.3. The Morgan fingerprint density at radius 3 is 2.21 bits per heavy atom. The molecule has 0 unspecified atom stereocenters. The van der Waals surface area contributed by atoms with Crippen molar-refractivity contribution in [1.29, 1.82) is 0 Å². The Hall–Kier alpha value is -2.41. The second-order valence-electron chi connectivity index (χ2n) is 5.73. The monoisotopic (exact) mass is 476 g/mol. The third-order valence-corrected chi connectivity index (χ3v) is 5.90. The molecule has 7 heteroatoms. The molecule has 0 bridgehead atoms. The molecule has 0 aromatic heterocycles. The molecule has 142 valence electrons. The van der Waals surface area contributed by atoms with Crippen molar-refractivity contribution in [3.05, 3.63) is 99.5 Å². The summed E-state index contributed by atoms with van der Waals surface area (Å²) < 4.78 is 30.5.